The number of hydrogen-bond donors (Lipinski definition) is 2. The predicted octanol–water partition coefficient (Wildman–Crippen LogP) is 1.85. The van der Waals surface area contributed by atoms with Gasteiger partial charge in [0, 0.05) is 25.1 Å². The van der Waals surface area contributed by atoms with Crippen LogP contribution in [0.15, 0.2) is 11.6 Å². The van der Waals surface area contributed by atoms with Gasteiger partial charge in [-0.3, -0.25) is 9.69 Å². The molecule has 0 bridgehead atoms. The number of aliphatic hydroxyl groups is 1. The highest BCUT2D eigenvalue weighted by Crippen LogP contribution is 2.29. The largest absolute Gasteiger partial charge is 0.393 e. The lowest BCUT2D eigenvalue weighted by Gasteiger charge is -2.36. The summed E-state index contributed by atoms with van der Waals surface area (Å²) in [6.07, 6.45) is 10.9. The molecule has 0 spiro atoms. The summed E-state index contributed by atoms with van der Waals surface area (Å²) in [7, 11) is 0. The van der Waals surface area contributed by atoms with Crippen LogP contribution in [0.2, 0.25) is 0 Å². The molecule has 24 heavy (non-hydrogen) atoms. The summed E-state index contributed by atoms with van der Waals surface area (Å²) in [5, 5.41) is 13.3. The van der Waals surface area contributed by atoms with Gasteiger partial charge in [0.25, 0.3) is 0 Å². The molecule has 2 saturated heterocycles. The van der Waals surface area contributed by atoms with Gasteiger partial charge in [-0.1, -0.05) is 11.6 Å². The van der Waals surface area contributed by atoms with Gasteiger partial charge in [0.15, 0.2) is 0 Å². The van der Waals surface area contributed by atoms with Crippen molar-refractivity contribution in [3.63, 3.8) is 0 Å². The van der Waals surface area contributed by atoms with Crippen LogP contribution in [0.25, 0.3) is 0 Å². The highest BCUT2D eigenvalue weighted by atomic mass is 16.5. The van der Waals surface area contributed by atoms with Crippen molar-refractivity contribution in [3.05, 3.63) is 11.6 Å². The molecule has 5 heteroatoms. The zero-order valence-corrected chi connectivity index (χ0v) is 14.7. The number of aliphatic hydroxyl groups excluding tert-OH is 1. The molecule has 136 valence electrons. The first-order chi connectivity index (χ1) is 11.7. The van der Waals surface area contributed by atoms with Gasteiger partial charge in [0.05, 0.1) is 19.3 Å². The van der Waals surface area contributed by atoms with Crippen molar-refractivity contribution < 1.29 is 14.6 Å². The smallest absolute Gasteiger partial charge is 0.234 e. The number of nitrogens with zero attached hydrogens (tertiary/aromatic N) is 1. The van der Waals surface area contributed by atoms with Crippen LogP contribution in [0, 0.1) is 5.92 Å². The molecule has 3 rings (SSSR count). The van der Waals surface area contributed by atoms with Crippen molar-refractivity contribution in [1.29, 1.82) is 0 Å². The van der Waals surface area contributed by atoms with Crippen molar-refractivity contribution in [1.82, 2.24) is 10.2 Å². The molecule has 0 saturated carbocycles. The molecule has 2 heterocycles. The van der Waals surface area contributed by atoms with Crippen molar-refractivity contribution in [2.75, 3.05) is 32.8 Å². The minimum atomic E-state index is -0.286. The van der Waals surface area contributed by atoms with E-state index in [0.29, 0.717) is 19.8 Å². The van der Waals surface area contributed by atoms with Crippen LogP contribution in [0.5, 0.6) is 0 Å². The van der Waals surface area contributed by atoms with Crippen LogP contribution in [-0.4, -0.2) is 60.9 Å². The Bertz CT molecular complexity index is 452. The van der Waals surface area contributed by atoms with E-state index in [2.05, 4.69) is 16.3 Å². The topological polar surface area (TPSA) is 61.8 Å². The van der Waals surface area contributed by atoms with E-state index in [4.69, 9.17) is 4.74 Å². The van der Waals surface area contributed by atoms with Gasteiger partial charge < -0.3 is 15.2 Å². The minimum Gasteiger partial charge on any atom is -0.393 e. The molecule has 0 radical (unpaired) electrons. The Kier molecular flexibility index (Phi) is 6.69. The van der Waals surface area contributed by atoms with Gasteiger partial charge in [0.2, 0.25) is 5.91 Å². The molecule has 5 nitrogen and oxygen atoms in total. The van der Waals surface area contributed by atoms with E-state index in [9.17, 15) is 9.90 Å². The standard InChI is InChI=1S/C19H32N2O3/c22-18-9-12-24-14-16(18)17-7-4-11-21(17)13-19(23)20-10-8-15-5-2-1-3-6-15/h5,16-18,22H,1-4,6-14H2,(H,20,23)/t16-,17+,18+/m0/s1. The molecule has 0 aromatic heterocycles. The van der Waals surface area contributed by atoms with Crippen molar-refractivity contribution in [2.24, 2.45) is 5.92 Å². The number of likely N-dealkylation sites (tertiary alicyclic amines) is 1. The van der Waals surface area contributed by atoms with Gasteiger partial charge in [0.1, 0.15) is 0 Å². The van der Waals surface area contributed by atoms with Gasteiger partial charge in [-0.05, 0) is 57.9 Å². The molecule has 3 aliphatic rings. The molecule has 2 N–H and O–H groups in total. The second-order valence-corrected chi connectivity index (χ2v) is 7.48. The SMILES string of the molecule is O=C(CN1CCC[C@@H]1[C@@H]1COCC[C@H]1O)NCCC1=CCCCC1. The summed E-state index contributed by atoms with van der Waals surface area (Å²) in [4.78, 5) is 14.5. The average molecular weight is 336 g/mol. The third kappa shape index (κ3) is 4.80. The summed E-state index contributed by atoms with van der Waals surface area (Å²) >= 11 is 0. The number of nitrogens with one attached hydrogen (secondary N) is 1. The molecule has 1 aliphatic carbocycles. The molecule has 1 amide bonds. The summed E-state index contributed by atoms with van der Waals surface area (Å²) < 4.78 is 5.56. The zero-order valence-electron chi connectivity index (χ0n) is 14.7. The minimum absolute atomic E-state index is 0.115. The first-order valence-electron chi connectivity index (χ1n) is 9.68. The Balaban J connectivity index is 1.42. The quantitative estimate of drug-likeness (QED) is 0.727. The second-order valence-electron chi connectivity index (χ2n) is 7.48. The predicted molar refractivity (Wildman–Crippen MR) is 93.7 cm³/mol. The highest BCUT2D eigenvalue weighted by molar-refractivity contribution is 5.78. The van der Waals surface area contributed by atoms with Gasteiger partial charge in [-0.25, -0.2) is 0 Å². The molecule has 3 atom stereocenters. The summed E-state index contributed by atoms with van der Waals surface area (Å²) in [6.45, 7) is 3.43. The summed E-state index contributed by atoms with van der Waals surface area (Å²) in [5.74, 6) is 0.269. The first-order valence-corrected chi connectivity index (χ1v) is 9.68. The maximum absolute atomic E-state index is 12.3. The average Bonchev–Trinajstić information content (AvgIpc) is 3.04. The van der Waals surface area contributed by atoms with Crippen LogP contribution in [0.1, 0.15) is 51.4 Å². The number of ether oxygens (including phenoxy) is 1. The number of amides is 1. The maximum atomic E-state index is 12.3. The summed E-state index contributed by atoms with van der Waals surface area (Å²) in [5.41, 5.74) is 1.50. The van der Waals surface area contributed by atoms with E-state index < -0.39 is 0 Å². The van der Waals surface area contributed by atoms with Gasteiger partial charge in [-0.2, -0.15) is 0 Å². The fourth-order valence-corrected chi connectivity index (χ4v) is 4.38. The number of hydrogen-bond acceptors (Lipinski definition) is 4. The third-order valence-electron chi connectivity index (χ3n) is 5.77. The zero-order chi connectivity index (χ0) is 16.8. The Morgan fingerprint density at radius 1 is 1.33 bits per heavy atom. The molecule has 2 aliphatic heterocycles. The Morgan fingerprint density at radius 2 is 2.25 bits per heavy atom. The fraction of sp³-hybridized carbons (Fsp3) is 0.842. The first kappa shape index (κ1) is 17.9. The van der Waals surface area contributed by atoms with E-state index in [-0.39, 0.29) is 24.0 Å². The monoisotopic (exact) mass is 336 g/mol. The van der Waals surface area contributed by atoms with Crippen LogP contribution in [0.4, 0.5) is 0 Å². The third-order valence-corrected chi connectivity index (χ3v) is 5.77. The molecule has 0 aromatic carbocycles. The molecule has 0 unspecified atom stereocenters. The van der Waals surface area contributed by atoms with E-state index in [1.54, 1.807) is 0 Å². The highest BCUT2D eigenvalue weighted by Gasteiger charge is 2.37. The Morgan fingerprint density at radius 3 is 3.04 bits per heavy atom. The van der Waals surface area contributed by atoms with Crippen molar-refractivity contribution in [3.8, 4) is 0 Å². The van der Waals surface area contributed by atoms with Gasteiger partial charge >= 0.3 is 0 Å². The van der Waals surface area contributed by atoms with Crippen molar-refractivity contribution >= 4 is 5.91 Å². The maximum Gasteiger partial charge on any atom is 0.234 e. The Hall–Kier alpha value is -0.910. The number of carbonyl (C=O) groups excluding carboxylic acids is 1. The van der Waals surface area contributed by atoms with E-state index >= 15 is 0 Å². The van der Waals surface area contributed by atoms with Crippen LogP contribution in [-0.2, 0) is 9.53 Å². The molecule has 0 aromatic rings. The number of rotatable bonds is 6. The van der Waals surface area contributed by atoms with Gasteiger partial charge in [-0.15, -0.1) is 0 Å². The number of carbonyl (C=O) groups is 1. The van der Waals surface area contributed by atoms with Crippen LogP contribution >= 0.6 is 0 Å². The normalized spacial score (nSPS) is 31.7. The van der Waals surface area contributed by atoms with Crippen LogP contribution < -0.4 is 5.32 Å². The molecule has 2 fully saturated rings. The van der Waals surface area contributed by atoms with Crippen LogP contribution in [0.3, 0.4) is 0 Å². The van der Waals surface area contributed by atoms with Crippen molar-refractivity contribution in [2.45, 2.75) is 63.5 Å². The van der Waals surface area contributed by atoms with E-state index in [0.717, 1.165) is 38.8 Å². The lowest BCUT2D eigenvalue weighted by molar-refractivity contribution is -0.123. The molecular weight excluding hydrogens is 304 g/mol. The molecular formula is C19H32N2O3. The lowest BCUT2D eigenvalue weighted by atomic mass is 9.89. The number of allylic oxidation sites excluding steroid dienone is 1. The van der Waals surface area contributed by atoms with E-state index in [1.807, 2.05) is 0 Å². The second kappa shape index (κ2) is 8.97. The fourth-order valence-electron chi connectivity index (χ4n) is 4.38. The Labute approximate surface area is 145 Å². The van der Waals surface area contributed by atoms with E-state index in [1.165, 1.54) is 31.3 Å². The lowest BCUT2D eigenvalue weighted by Crippen LogP contribution is -2.48. The summed E-state index contributed by atoms with van der Waals surface area (Å²) in [6, 6.07) is 0.284.